The lowest BCUT2D eigenvalue weighted by Gasteiger charge is -2.27. The van der Waals surface area contributed by atoms with Gasteiger partial charge in [0, 0.05) is 36.8 Å². The summed E-state index contributed by atoms with van der Waals surface area (Å²) in [5.41, 5.74) is 2.23. The van der Waals surface area contributed by atoms with Crippen molar-refractivity contribution < 1.29 is 14.4 Å². The maximum atomic E-state index is 13.1. The second-order valence-electron chi connectivity index (χ2n) is 8.26. The van der Waals surface area contributed by atoms with E-state index in [2.05, 4.69) is 10.4 Å². The summed E-state index contributed by atoms with van der Waals surface area (Å²) in [5, 5.41) is 10.1. The van der Waals surface area contributed by atoms with Gasteiger partial charge in [0.05, 0.1) is 5.69 Å². The molecule has 2 aromatic rings. The summed E-state index contributed by atoms with van der Waals surface area (Å²) < 4.78 is 1.57. The van der Waals surface area contributed by atoms with E-state index in [9.17, 15) is 14.4 Å². The Kier molecular flexibility index (Phi) is 5.46. The number of anilines is 1. The number of aromatic nitrogens is 2. The van der Waals surface area contributed by atoms with E-state index >= 15 is 0 Å². The molecular weight excluding hydrogens is 370 g/mol. The van der Waals surface area contributed by atoms with E-state index in [4.69, 9.17) is 0 Å². The highest BCUT2D eigenvalue weighted by molar-refractivity contribution is 5.97. The summed E-state index contributed by atoms with van der Waals surface area (Å²) in [6, 6.07) is 8.08. The summed E-state index contributed by atoms with van der Waals surface area (Å²) in [5.74, 6) is -0.292. The Bertz CT molecular complexity index is 940. The van der Waals surface area contributed by atoms with Gasteiger partial charge < -0.3 is 5.32 Å². The molecule has 0 unspecified atom stereocenters. The first kappa shape index (κ1) is 20.6. The first-order valence-electron chi connectivity index (χ1n) is 9.64. The van der Waals surface area contributed by atoms with Crippen LogP contribution >= 0.6 is 0 Å². The highest BCUT2D eigenvalue weighted by Crippen LogP contribution is 2.23. The monoisotopic (exact) mass is 397 g/mol. The van der Waals surface area contributed by atoms with Gasteiger partial charge in [-0.25, -0.2) is 14.8 Å². The summed E-state index contributed by atoms with van der Waals surface area (Å²) >= 11 is 0. The average molecular weight is 397 g/mol. The molecule has 1 aliphatic heterocycles. The molecule has 1 saturated heterocycles. The molecule has 1 aromatic heterocycles. The fourth-order valence-electron chi connectivity index (χ4n) is 3.18. The molecule has 3 rings (SSSR count). The largest absolute Gasteiger partial charge is 0.340 e. The van der Waals surface area contributed by atoms with E-state index in [-0.39, 0.29) is 23.1 Å². The number of aryl methyl sites for hydroxylation is 1. The number of rotatable bonds is 3. The van der Waals surface area contributed by atoms with E-state index in [0.29, 0.717) is 36.5 Å². The van der Waals surface area contributed by atoms with Crippen LogP contribution in [0.1, 0.15) is 60.7 Å². The number of hydrogen-bond acceptors (Lipinski definition) is 4. The van der Waals surface area contributed by atoms with E-state index < -0.39 is 0 Å². The lowest BCUT2D eigenvalue weighted by Crippen LogP contribution is -2.47. The zero-order valence-electron chi connectivity index (χ0n) is 17.5. The number of amides is 3. The number of urea groups is 1. The van der Waals surface area contributed by atoms with Crippen molar-refractivity contribution >= 4 is 23.4 Å². The predicted molar refractivity (Wildman–Crippen MR) is 110 cm³/mol. The number of hydrogen-bond donors (Lipinski definition) is 1. The van der Waals surface area contributed by atoms with Crippen molar-refractivity contribution in [1.29, 1.82) is 0 Å². The first-order valence-corrected chi connectivity index (χ1v) is 9.64. The Balaban J connectivity index is 1.75. The highest BCUT2D eigenvalue weighted by atomic mass is 16.2. The molecule has 1 aliphatic rings. The van der Waals surface area contributed by atoms with Gasteiger partial charge in [0.25, 0.3) is 5.91 Å². The van der Waals surface area contributed by atoms with Crippen LogP contribution in [0.4, 0.5) is 10.5 Å². The van der Waals surface area contributed by atoms with Crippen LogP contribution in [0.15, 0.2) is 30.3 Å². The fourth-order valence-corrected chi connectivity index (χ4v) is 3.18. The molecule has 29 heavy (non-hydrogen) atoms. The van der Waals surface area contributed by atoms with E-state index in [0.717, 1.165) is 5.69 Å². The number of Topliss-reactive ketones (excluding diaryl/α,β-unsaturated/α-hetero) is 1. The number of nitrogens with one attached hydrogen (secondary N) is 1. The topological polar surface area (TPSA) is 87.5 Å². The van der Waals surface area contributed by atoms with Crippen LogP contribution < -0.4 is 5.32 Å². The standard InChI is InChI=1S/C21H27N5O3/c1-14(27)15-7-9-16(10-8-15)22-20(29)26-12-6-11-25(26)19(28)17-13-18(21(2,3)4)23-24(17)5/h7-10,13H,6,11-12H2,1-5H3,(H,22,29). The van der Waals surface area contributed by atoms with Crippen molar-refractivity contribution in [1.82, 2.24) is 19.8 Å². The second-order valence-corrected chi connectivity index (χ2v) is 8.26. The zero-order valence-corrected chi connectivity index (χ0v) is 17.5. The molecule has 0 aliphatic carbocycles. The van der Waals surface area contributed by atoms with E-state index in [1.54, 1.807) is 42.1 Å². The van der Waals surface area contributed by atoms with E-state index in [1.165, 1.54) is 16.9 Å². The average Bonchev–Trinajstić information content (AvgIpc) is 3.28. The summed E-state index contributed by atoms with van der Waals surface area (Å²) in [6.45, 7) is 8.52. The molecule has 154 valence electrons. The van der Waals surface area contributed by atoms with Gasteiger partial charge in [-0.05, 0) is 43.7 Å². The maximum absolute atomic E-state index is 13.1. The van der Waals surface area contributed by atoms with Crippen LogP contribution in [-0.2, 0) is 12.5 Å². The molecule has 0 bridgehead atoms. The highest BCUT2D eigenvalue weighted by Gasteiger charge is 2.33. The Morgan fingerprint density at radius 2 is 1.66 bits per heavy atom. The van der Waals surface area contributed by atoms with E-state index in [1.807, 2.05) is 20.8 Å². The minimum Gasteiger partial charge on any atom is -0.306 e. The van der Waals surface area contributed by atoms with Crippen LogP contribution in [0.3, 0.4) is 0 Å². The maximum Gasteiger partial charge on any atom is 0.340 e. The number of nitrogens with zero attached hydrogens (tertiary/aromatic N) is 4. The van der Waals surface area contributed by atoms with Gasteiger partial charge in [-0.15, -0.1) is 0 Å². The molecule has 0 spiro atoms. The third kappa shape index (κ3) is 4.31. The Labute approximate surface area is 170 Å². The zero-order chi connectivity index (χ0) is 21.3. The Hall–Kier alpha value is -3.16. The van der Waals surface area contributed by atoms with Crippen molar-refractivity contribution in [3.63, 3.8) is 0 Å². The number of hydrazine groups is 1. The molecular formula is C21H27N5O3. The van der Waals surface area contributed by atoms with Crippen LogP contribution in [0.2, 0.25) is 0 Å². The number of carbonyl (C=O) groups is 3. The third-order valence-corrected chi connectivity index (χ3v) is 4.91. The van der Waals surface area contributed by atoms with Gasteiger partial charge in [-0.2, -0.15) is 5.10 Å². The summed E-state index contributed by atoms with van der Waals surface area (Å²) in [6.07, 6.45) is 0.701. The molecule has 1 N–H and O–H groups in total. The smallest absolute Gasteiger partial charge is 0.306 e. The normalized spacial score (nSPS) is 14.2. The fraction of sp³-hybridized carbons (Fsp3) is 0.429. The van der Waals surface area contributed by atoms with Gasteiger partial charge in [0.1, 0.15) is 5.69 Å². The molecule has 0 radical (unpaired) electrons. The lowest BCUT2D eigenvalue weighted by atomic mass is 9.92. The molecule has 3 amide bonds. The molecule has 1 aromatic carbocycles. The molecule has 2 heterocycles. The Morgan fingerprint density at radius 3 is 2.21 bits per heavy atom. The van der Waals surface area contributed by atoms with Crippen molar-refractivity contribution in [2.75, 3.05) is 18.4 Å². The third-order valence-electron chi connectivity index (χ3n) is 4.91. The van der Waals surface area contributed by atoms with Crippen molar-refractivity contribution in [2.45, 2.75) is 39.5 Å². The minimum absolute atomic E-state index is 0.0370. The van der Waals surface area contributed by atoms with Crippen molar-refractivity contribution in [3.8, 4) is 0 Å². The quantitative estimate of drug-likeness (QED) is 0.806. The summed E-state index contributed by atoms with van der Waals surface area (Å²) in [7, 11) is 1.74. The molecule has 0 saturated carbocycles. The van der Waals surface area contributed by atoms with Gasteiger partial charge in [-0.3, -0.25) is 14.3 Å². The molecule has 0 atom stereocenters. The van der Waals surface area contributed by atoms with Crippen molar-refractivity contribution in [3.05, 3.63) is 47.3 Å². The van der Waals surface area contributed by atoms with Gasteiger partial charge in [0.15, 0.2) is 5.78 Å². The van der Waals surface area contributed by atoms with Crippen molar-refractivity contribution in [2.24, 2.45) is 7.05 Å². The van der Waals surface area contributed by atoms with Gasteiger partial charge >= 0.3 is 6.03 Å². The first-order chi connectivity index (χ1) is 13.6. The van der Waals surface area contributed by atoms with Gasteiger partial charge in [-0.1, -0.05) is 20.8 Å². The van der Waals surface area contributed by atoms with Crippen LogP contribution in [-0.4, -0.2) is 50.6 Å². The lowest BCUT2D eigenvalue weighted by molar-refractivity contribution is 0.0393. The van der Waals surface area contributed by atoms with Crippen LogP contribution in [0.5, 0.6) is 0 Å². The van der Waals surface area contributed by atoms with Gasteiger partial charge in [0.2, 0.25) is 0 Å². The van der Waals surface area contributed by atoms with Crippen LogP contribution in [0.25, 0.3) is 0 Å². The minimum atomic E-state index is -0.385. The SMILES string of the molecule is CC(=O)c1ccc(NC(=O)N2CCCN2C(=O)c2cc(C(C)(C)C)nn2C)cc1. The molecule has 8 nitrogen and oxygen atoms in total. The number of benzene rings is 1. The Morgan fingerprint density at radius 1 is 1.03 bits per heavy atom. The number of ketones is 1. The number of carbonyl (C=O) groups excluding carboxylic acids is 3. The summed E-state index contributed by atoms with van der Waals surface area (Å²) in [4.78, 5) is 37.2. The molecule has 8 heteroatoms. The second kappa shape index (κ2) is 7.69. The molecule has 1 fully saturated rings. The van der Waals surface area contributed by atoms with Crippen LogP contribution in [0, 0.1) is 0 Å². The predicted octanol–water partition coefficient (Wildman–Crippen LogP) is 3.22.